The summed E-state index contributed by atoms with van der Waals surface area (Å²) in [6, 6.07) is 22.3. The fourth-order valence-corrected chi connectivity index (χ4v) is 3.38. The number of carbonyl (C=O) groups excluding carboxylic acids is 2. The van der Waals surface area contributed by atoms with Crippen molar-refractivity contribution in [2.45, 2.75) is 19.9 Å². The lowest BCUT2D eigenvalue weighted by Crippen LogP contribution is -2.23. The van der Waals surface area contributed by atoms with Gasteiger partial charge in [0.2, 0.25) is 0 Å². The molecule has 3 rings (SSSR count). The van der Waals surface area contributed by atoms with E-state index in [1.165, 1.54) is 5.56 Å². The predicted octanol–water partition coefficient (Wildman–Crippen LogP) is 4.96. The highest BCUT2D eigenvalue weighted by Crippen LogP contribution is 2.26. The summed E-state index contributed by atoms with van der Waals surface area (Å²) in [5, 5.41) is 5.64. The molecule has 0 aliphatic heterocycles. The molecule has 6 heteroatoms. The van der Waals surface area contributed by atoms with Gasteiger partial charge in [-0.25, -0.2) is 0 Å². The highest BCUT2D eigenvalue weighted by atomic mass is 79.9. The SMILES string of the molecule is CCc1ccc(OCC(=O)Nc2cccc(C(=O)NCc3ccccc3)c2)c(Br)c1. The van der Waals surface area contributed by atoms with Crippen molar-refractivity contribution in [1.82, 2.24) is 5.32 Å². The number of halogens is 1. The third-order valence-corrected chi connectivity index (χ3v) is 5.09. The van der Waals surface area contributed by atoms with Crippen molar-refractivity contribution in [1.29, 1.82) is 0 Å². The van der Waals surface area contributed by atoms with Crippen molar-refractivity contribution in [3.05, 3.63) is 94.0 Å². The smallest absolute Gasteiger partial charge is 0.262 e. The minimum atomic E-state index is -0.302. The van der Waals surface area contributed by atoms with E-state index in [9.17, 15) is 9.59 Å². The van der Waals surface area contributed by atoms with Gasteiger partial charge in [-0.2, -0.15) is 0 Å². The van der Waals surface area contributed by atoms with Gasteiger partial charge < -0.3 is 15.4 Å². The van der Waals surface area contributed by atoms with E-state index >= 15 is 0 Å². The van der Waals surface area contributed by atoms with Crippen LogP contribution < -0.4 is 15.4 Å². The van der Waals surface area contributed by atoms with E-state index in [1.54, 1.807) is 24.3 Å². The third kappa shape index (κ3) is 6.19. The predicted molar refractivity (Wildman–Crippen MR) is 122 cm³/mol. The molecular formula is C24H23BrN2O3. The standard InChI is InChI=1S/C24H23BrN2O3/c1-2-17-11-12-22(21(25)13-17)30-16-23(28)27-20-10-6-9-19(14-20)24(29)26-15-18-7-4-3-5-8-18/h3-14H,2,15-16H2,1H3,(H,26,29)(H,27,28). The number of hydrogen-bond donors (Lipinski definition) is 2. The van der Waals surface area contributed by atoms with Gasteiger partial charge in [0.05, 0.1) is 4.47 Å². The second-order valence-electron chi connectivity index (χ2n) is 6.70. The molecule has 0 heterocycles. The zero-order valence-corrected chi connectivity index (χ0v) is 18.2. The molecule has 0 unspecified atom stereocenters. The van der Waals surface area contributed by atoms with Crippen molar-refractivity contribution >= 4 is 33.4 Å². The van der Waals surface area contributed by atoms with Crippen LogP contribution in [0, 0.1) is 0 Å². The summed E-state index contributed by atoms with van der Waals surface area (Å²) in [7, 11) is 0. The van der Waals surface area contributed by atoms with Gasteiger partial charge in [0.1, 0.15) is 5.75 Å². The zero-order chi connectivity index (χ0) is 21.3. The van der Waals surface area contributed by atoms with Crippen molar-refractivity contribution in [2.24, 2.45) is 0 Å². The van der Waals surface area contributed by atoms with E-state index in [1.807, 2.05) is 48.5 Å². The van der Waals surface area contributed by atoms with E-state index in [0.29, 0.717) is 23.5 Å². The summed E-state index contributed by atoms with van der Waals surface area (Å²) in [6.07, 6.45) is 0.925. The van der Waals surface area contributed by atoms with Crippen LogP contribution in [0.5, 0.6) is 5.75 Å². The lowest BCUT2D eigenvalue weighted by atomic mass is 10.1. The summed E-state index contributed by atoms with van der Waals surface area (Å²) in [4.78, 5) is 24.7. The van der Waals surface area contributed by atoms with Gasteiger partial charge in [-0.15, -0.1) is 0 Å². The van der Waals surface area contributed by atoms with E-state index in [4.69, 9.17) is 4.74 Å². The average molecular weight is 467 g/mol. The van der Waals surface area contributed by atoms with Crippen LogP contribution in [0.3, 0.4) is 0 Å². The molecule has 3 aromatic carbocycles. The Morgan fingerprint density at radius 2 is 1.73 bits per heavy atom. The monoisotopic (exact) mass is 466 g/mol. The Balaban J connectivity index is 1.54. The van der Waals surface area contributed by atoms with Gasteiger partial charge in [-0.3, -0.25) is 9.59 Å². The minimum absolute atomic E-state index is 0.130. The van der Waals surface area contributed by atoms with Crippen LogP contribution in [0.15, 0.2) is 77.3 Å². The maximum atomic E-state index is 12.4. The molecule has 0 spiro atoms. The molecule has 2 N–H and O–H groups in total. The molecule has 3 aromatic rings. The maximum Gasteiger partial charge on any atom is 0.262 e. The summed E-state index contributed by atoms with van der Waals surface area (Å²) in [5.74, 6) is 0.103. The zero-order valence-electron chi connectivity index (χ0n) is 16.7. The number of rotatable bonds is 8. The second kappa shape index (κ2) is 10.6. The molecule has 0 atom stereocenters. The largest absolute Gasteiger partial charge is 0.483 e. The number of hydrogen-bond acceptors (Lipinski definition) is 3. The fraction of sp³-hybridized carbons (Fsp3) is 0.167. The molecule has 0 saturated heterocycles. The Morgan fingerprint density at radius 3 is 2.47 bits per heavy atom. The molecule has 0 bridgehead atoms. The van der Waals surface area contributed by atoms with Gasteiger partial charge in [0, 0.05) is 17.8 Å². The van der Waals surface area contributed by atoms with Gasteiger partial charge in [-0.05, 0) is 63.8 Å². The number of benzene rings is 3. The summed E-state index contributed by atoms with van der Waals surface area (Å²) in [6.45, 7) is 2.39. The highest BCUT2D eigenvalue weighted by Gasteiger charge is 2.10. The molecule has 5 nitrogen and oxygen atoms in total. The van der Waals surface area contributed by atoms with Crippen LogP contribution in [-0.2, 0) is 17.8 Å². The molecule has 0 fully saturated rings. The Labute approximate surface area is 184 Å². The van der Waals surface area contributed by atoms with Gasteiger partial charge in [0.15, 0.2) is 6.61 Å². The van der Waals surface area contributed by atoms with Crippen molar-refractivity contribution in [3.63, 3.8) is 0 Å². The first kappa shape index (κ1) is 21.6. The molecule has 0 saturated carbocycles. The van der Waals surface area contributed by atoms with E-state index in [2.05, 4.69) is 33.5 Å². The Hall–Kier alpha value is -3.12. The lowest BCUT2D eigenvalue weighted by molar-refractivity contribution is -0.118. The highest BCUT2D eigenvalue weighted by molar-refractivity contribution is 9.10. The number of carbonyl (C=O) groups is 2. The first-order chi connectivity index (χ1) is 14.5. The molecule has 2 amide bonds. The molecular weight excluding hydrogens is 444 g/mol. The van der Waals surface area contributed by atoms with Crippen LogP contribution in [-0.4, -0.2) is 18.4 Å². The Kier molecular flexibility index (Phi) is 7.63. The topological polar surface area (TPSA) is 67.4 Å². The molecule has 0 radical (unpaired) electrons. The molecule has 154 valence electrons. The van der Waals surface area contributed by atoms with Crippen LogP contribution in [0.2, 0.25) is 0 Å². The number of ether oxygens (including phenoxy) is 1. The summed E-state index contributed by atoms with van der Waals surface area (Å²) >= 11 is 3.46. The van der Waals surface area contributed by atoms with Crippen molar-refractivity contribution in [3.8, 4) is 5.75 Å². The van der Waals surface area contributed by atoms with Gasteiger partial charge in [0.25, 0.3) is 11.8 Å². The molecule has 0 aliphatic rings. The number of amides is 2. The molecule has 0 aliphatic carbocycles. The lowest BCUT2D eigenvalue weighted by Gasteiger charge is -2.11. The van der Waals surface area contributed by atoms with Crippen LogP contribution >= 0.6 is 15.9 Å². The normalized spacial score (nSPS) is 10.3. The first-order valence-corrected chi connectivity index (χ1v) is 10.5. The summed E-state index contributed by atoms with van der Waals surface area (Å²) in [5.41, 5.74) is 3.21. The number of nitrogens with one attached hydrogen (secondary N) is 2. The van der Waals surface area contributed by atoms with Gasteiger partial charge in [-0.1, -0.05) is 49.4 Å². The molecule has 0 aromatic heterocycles. The number of anilines is 1. The van der Waals surface area contributed by atoms with Gasteiger partial charge >= 0.3 is 0 Å². The average Bonchev–Trinajstić information content (AvgIpc) is 2.77. The second-order valence-corrected chi connectivity index (χ2v) is 7.56. The fourth-order valence-electron chi connectivity index (χ4n) is 2.84. The third-order valence-electron chi connectivity index (χ3n) is 4.47. The Bertz CT molecular complexity index is 1020. The Morgan fingerprint density at radius 1 is 0.933 bits per heavy atom. The number of aryl methyl sites for hydroxylation is 1. The van der Waals surface area contributed by atoms with Crippen LogP contribution in [0.25, 0.3) is 0 Å². The quantitative estimate of drug-likeness (QED) is 0.492. The first-order valence-electron chi connectivity index (χ1n) is 9.68. The van der Waals surface area contributed by atoms with E-state index in [-0.39, 0.29) is 18.4 Å². The minimum Gasteiger partial charge on any atom is -0.483 e. The van der Waals surface area contributed by atoms with Crippen molar-refractivity contribution in [2.75, 3.05) is 11.9 Å². The van der Waals surface area contributed by atoms with Crippen LogP contribution in [0.4, 0.5) is 5.69 Å². The van der Waals surface area contributed by atoms with E-state index < -0.39 is 0 Å². The van der Waals surface area contributed by atoms with E-state index in [0.717, 1.165) is 16.5 Å². The summed E-state index contributed by atoms with van der Waals surface area (Å²) < 4.78 is 6.41. The maximum absolute atomic E-state index is 12.4. The molecule has 30 heavy (non-hydrogen) atoms. The van der Waals surface area contributed by atoms with Crippen LogP contribution in [0.1, 0.15) is 28.4 Å². The van der Waals surface area contributed by atoms with Crippen molar-refractivity contribution < 1.29 is 14.3 Å².